The zero-order chi connectivity index (χ0) is 25.8. The molecule has 192 valence electrons. The molecule has 7 heteroatoms. The van der Waals surface area contributed by atoms with Crippen LogP contribution >= 0.6 is 0 Å². The normalized spacial score (nSPS) is 21.4. The number of phenolic OH excluding ortho intramolecular Hbond substituents is 1. The first kappa shape index (κ1) is 26.8. The second kappa shape index (κ2) is 11.3. The number of aliphatic hydroxyl groups is 1. The van der Waals surface area contributed by atoms with E-state index in [0.717, 1.165) is 24.8 Å². The molecule has 7 nitrogen and oxygen atoms in total. The zero-order valence-electron chi connectivity index (χ0n) is 21.4. The van der Waals surface area contributed by atoms with E-state index in [0.29, 0.717) is 49.2 Å². The monoisotopic (exact) mass is 485 g/mol. The van der Waals surface area contributed by atoms with Crippen LogP contribution in [0.4, 0.5) is 0 Å². The van der Waals surface area contributed by atoms with Crippen LogP contribution in [-0.2, 0) is 17.8 Å². The Hall–Kier alpha value is -2.80. The third-order valence-corrected chi connectivity index (χ3v) is 7.06. The summed E-state index contributed by atoms with van der Waals surface area (Å²) in [7, 11) is 0. The highest BCUT2D eigenvalue weighted by atomic mass is 16.5. The lowest BCUT2D eigenvalue weighted by Crippen LogP contribution is -2.49. The number of hydrogen-bond donors (Lipinski definition) is 3. The molecule has 0 bridgehead atoms. The van der Waals surface area contributed by atoms with Crippen molar-refractivity contribution in [3.05, 3.63) is 46.1 Å². The van der Waals surface area contributed by atoms with Gasteiger partial charge in [-0.05, 0) is 72.3 Å². The van der Waals surface area contributed by atoms with Gasteiger partial charge in [-0.3, -0.25) is 9.59 Å². The maximum absolute atomic E-state index is 12.9. The average Bonchev–Trinajstić information content (AvgIpc) is 3.08. The molecule has 0 unspecified atom stereocenters. The number of carbonyl (C=O) groups is 2. The quantitative estimate of drug-likeness (QED) is 0.296. The fourth-order valence-corrected chi connectivity index (χ4v) is 4.82. The number of unbranched alkanes of at least 4 members (excludes halogenated alkanes) is 1. The molecule has 2 aliphatic rings. The second-order valence-corrected chi connectivity index (χ2v) is 10.4. The number of carboxylic acid groups (broad SMARTS) is 1. The van der Waals surface area contributed by atoms with Gasteiger partial charge in [-0.25, -0.2) is 0 Å². The number of phenols is 1. The molecule has 3 rings (SSSR count). The van der Waals surface area contributed by atoms with Crippen LogP contribution in [0.3, 0.4) is 0 Å². The number of fused-ring (bicyclic) bond motifs is 3. The summed E-state index contributed by atoms with van der Waals surface area (Å²) in [5.41, 5.74) is 3.50. The van der Waals surface area contributed by atoms with Gasteiger partial charge in [-0.1, -0.05) is 23.3 Å². The number of aromatic hydroxyl groups is 1. The molecule has 0 aliphatic carbocycles. The second-order valence-electron chi connectivity index (χ2n) is 10.4. The van der Waals surface area contributed by atoms with Crippen molar-refractivity contribution in [1.82, 2.24) is 4.90 Å². The van der Waals surface area contributed by atoms with E-state index in [4.69, 9.17) is 9.84 Å². The Balaban J connectivity index is 1.71. The van der Waals surface area contributed by atoms with Crippen LogP contribution in [-0.4, -0.2) is 50.3 Å². The topological polar surface area (TPSA) is 107 Å². The Morgan fingerprint density at radius 1 is 1.17 bits per heavy atom. The van der Waals surface area contributed by atoms with Crippen molar-refractivity contribution in [3.63, 3.8) is 0 Å². The summed E-state index contributed by atoms with van der Waals surface area (Å²) in [5.74, 6) is -0.543. The lowest BCUT2D eigenvalue weighted by atomic mass is 9.84. The Bertz CT molecular complexity index is 1020. The maximum Gasteiger partial charge on any atom is 0.303 e. The Kier molecular flexibility index (Phi) is 8.65. The summed E-state index contributed by atoms with van der Waals surface area (Å²) in [6, 6.07) is 1.48. The fourth-order valence-electron chi connectivity index (χ4n) is 4.82. The molecular formula is C28H39NO6. The third-order valence-electron chi connectivity index (χ3n) is 7.06. The number of carbonyl (C=O) groups excluding carboxylic acids is 1. The Morgan fingerprint density at radius 3 is 2.60 bits per heavy atom. The molecule has 0 saturated carbocycles. The van der Waals surface area contributed by atoms with Crippen molar-refractivity contribution in [2.24, 2.45) is 0 Å². The summed E-state index contributed by atoms with van der Waals surface area (Å²) in [6.07, 6.45) is 8.48. The minimum atomic E-state index is -0.843. The molecule has 1 amide bonds. The summed E-state index contributed by atoms with van der Waals surface area (Å²) >= 11 is 0. The molecular weight excluding hydrogens is 446 g/mol. The van der Waals surface area contributed by atoms with Gasteiger partial charge in [0.25, 0.3) is 5.91 Å². The van der Waals surface area contributed by atoms with Crippen LogP contribution < -0.4 is 4.74 Å². The number of nitrogens with zero attached hydrogens (tertiary/aromatic N) is 1. The molecule has 2 heterocycles. The highest BCUT2D eigenvalue weighted by Crippen LogP contribution is 2.46. The van der Waals surface area contributed by atoms with Crippen molar-refractivity contribution in [2.75, 3.05) is 6.54 Å². The van der Waals surface area contributed by atoms with Gasteiger partial charge >= 0.3 is 5.97 Å². The Labute approximate surface area is 208 Å². The van der Waals surface area contributed by atoms with Gasteiger partial charge in [0.05, 0.1) is 18.2 Å². The van der Waals surface area contributed by atoms with E-state index in [1.54, 1.807) is 4.90 Å². The van der Waals surface area contributed by atoms with Gasteiger partial charge in [-0.2, -0.15) is 0 Å². The average molecular weight is 486 g/mol. The zero-order valence-corrected chi connectivity index (χ0v) is 21.4. The number of ether oxygens (including phenoxy) is 1. The van der Waals surface area contributed by atoms with Crippen LogP contribution in [0.1, 0.15) is 94.1 Å². The smallest absolute Gasteiger partial charge is 0.303 e. The van der Waals surface area contributed by atoms with Crippen LogP contribution in [0, 0.1) is 0 Å². The highest BCUT2D eigenvalue weighted by Gasteiger charge is 2.44. The minimum Gasteiger partial charge on any atom is -0.508 e. The lowest BCUT2D eigenvalue weighted by Gasteiger charge is -2.40. The SMILES string of the molecule is CC(C)=CCC/C(C)=C/CC[C@]1(C)Oc2c(c(O)cc3c2CN(CCCCC(=O)O)C3=O)C[C@@H]1O. The summed E-state index contributed by atoms with van der Waals surface area (Å²) in [4.78, 5) is 25.4. The molecule has 0 radical (unpaired) electrons. The van der Waals surface area contributed by atoms with Crippen LogP contribution in [0.5, 0.6) is 11.5 Å². The maximum atomic E-state index is 12.9. The molecule has 35 heavy (non-hydrogen) atoms. The first-order chi connectivity index (χ1) is 16.5. The lowest BCUT2D eigenvalue weighted by molar-refractivity contribution is -0.137. The molecule has 0 saturated heterocycles. The molecule has 3 N–H and O–H groups in total. The molecule has 0 fully saturated rings. The van der Waals surface area contributed by atoms with Gasteiger partial charge in [0.1, 0.15) is 17.1 Å². The molecule has 0 aromatic heterocycles. The highest BCUT2D eigenvalue weighted by molar-refractivity contribution is 6.00. The predicted molar refractivity (Wildman–Crippen MR) is 135 cm³/mol. The van der Waals surface area contributed by atoms with Crippen molar-refractivity contribution >= 4 is 11.9 Å². The summed E-state index contributed by atoms with van der Waals surface area (Å²) in [6.45, 7) is 9.02. The minimum absolute atomic E-state index is 0.0315. The van der Waals surface area contributed by atoms with E-state index >= 15 is 0 Å². The number of amides is 1. The van der Waals surface area contributed by atoms with Crippen LogP contribution in [0.15, 0.2) is 29.4 Å². The van der Waals surface area contributed by atoms with Crippen LogP contribution in [0.2, 0.25) is 0 Å². The summed E-state index contributed by atoms with van der Waals surface area (Å²) < 4.78 is 6.40. The number of allylic oxidation sites excluding steroid dienone is 4. The number of aliphatic carboxylic acids is 1. The predicted octanol–water partition coefficient (Wildman–Crippen LogP) is 5.13. The molecule has 1 aromatic rings. The van der Waals surface area contributed by atoms with Crippen molar-refractivity contribution < 1.29 is 29.6 Å². The van der Waals surface area contributed by atoms with Crippen LogP contribution in [0.25, 0.3) is 0 Å². The van der Waals surface area contributed by atoms with E-state index < -0.39 is 17.7 Å². The largest absolute Gasteiger partial charge is 0.508 e. The van der Waals surface area contributed by atoms with E-state index in [9.17, 15) is 19.8 Å². The number of carboxylic acids is 1. The molecule has 2 atom stereocenters. The van der Waals surface area contributed by atoms with E-state index in [2.05, 4.69) is 32.9 Å². The van der Waals surface area contributed by atoms with E-state index in [-0.39, 0.29) is 24.5 Å². The summed E-state index contributed by atoms with van der Waals surface area (Å²) in [5, 5.41) is 30.4. The van der Waals surface area contributed by atoms with Crippen molar-refractivity contribution in [2.45, 2.75) is 97.3 Å². The van der Waals surface area contributed by atoms with Gasteiger partial charge in [0, 0.05) is 30.5 Å². The Morgan fingerprint density at radius 2 is 1.91 bits per heavy atom. The number of rotatable bonds is 11. The van der Waals surface area contributed by atoms with Gasteiger partial charge in [0.2, 0.25) is 0 Å². The standard InChI is InChI=1S/C28H39NO6/c1-18(2)9-7-10-19(3)11-8-13-28(4)24(31)16-21-23(30)15-20-22(26(21)35-28)17-29(27(20)34)14-6-5-12-25(32)33/h9,11,15,24,30-31H,5-8,10,12-14,16-17H2,1-4H3,(H,32,33)/b19-11+/t24-,28-/m0/s1. The van der Waals surface area contributed by atoms with Gasteiger partial charge < -0.3 is 25.0 Å². The molecule has 2 aliphatic heterocycles. The van der Waals surface area contributed by atoms with Crippen molar-refractivity contribution in [1.29, 1.82) is 0 Å². The number of benzene rings is 1. The van der Waals surface area contributed by atoms with E-state index in [1.807, 2.05) is 6.92 Å². The fraction of sp³-hybridized carbons (Fsp3) is 0.571. The third kappa shape index (κ3) is 6.45. The van der Waals surface area contributed by atoms with Gasteiger partial charge in [0.15, 0.2) is 0 Å². The van der Waals surface area contributed by atoms with Gasteiger partial charge in [-0.15, -0.1) is 0 Å². The first-order valence-corrected chi connectivity index (χ1v) is 12.6. The molecule has 1 aromatic carbocycles. The first-order valence-electron chi connectivity index (χ1n) is 12.6. The number of aliphatic hydroxyl groups excluding tert-OH is 1. The number of hydrogen-bond acceptors (Lipinski definition) is 5. The molecule has 0 spiro atoms. The van der Waals surface area contributed by atoms with Crippen molar-refractivity contribution in [3.8, 4) is 11.5 Å². The van der Waals surface area contributed by atoms with E-state index in [1.165, 1.54) is 17.2 Å².